The van der Waals surface area contributed by atoms with Crippen molar-refractivity contribution in [3.8, 4) is 0 Å². The van der Waals surface area contributed by atoms with E-state index in [0.29, 0.717) is 12.8 Å². The Hall–Kier alpha value is -1.15. The number of carbonyl (C=O) groups excluding carboxylic acids is 1. The van der Waals surface area contributed by atoms with Crippen LogP contribution in [0.4, 0.5) is 0 Å². The van der Waals surface area contributed by atoms with Gasteiger partial charge in [-0.15, -0.1) is 0 Å². The van der Waals surface area contributed by atoms with Crippen molar-refractivity contribution >= 4 is 5.78 Å². The van der Waals surface area contributed by atoms with Crippen molar-refractivity contribution in [3.63, 3.8) is 0 Å². The summed E-state index contributed by atoms with van der Waals surface area (Å²) in [4.78, 5) is 11.5. The number of carbonyl (C=O) groups is 1. The van der Waals surface area contributed by atoms with Crippen LogP contribution < -0.4 is 0 Å². The summed E-state index contributed by atoms with van der Waals surface area (Å²) >= 11 is 0. The Balaban J connectivity index is 2.62. The van der Waals surface area contributed by atoms with Gasteiger partial charge in [0.25, 0.3) is 0 Å². The Morgan fingerprint density at radius 1 is 1.31 bits per heavy atom. The Morgan fingerprint density at radius 2 is 1.94 bits per heavy atom. The van der Waals surface area contributed by atoms with Crippen LogP contribution in [0.15, 0.2) is 30.3 Å². The summed E-state index contributed by atoms with van der Waals surface area (Å²) in [5.74, 6) is 0.105. The minimum Gasteiger partial charge on any atom is -0.393 e. The molecule has 0 bridgehead atoms. The average molecular weight is 220 g/mol. The summed E-state index contributed by atoms with van der Waals surface area (Å²) < 4.78 is 0. The van der Waals surface area contributed by atoms with Crippen LogP contribution >= 0.6 is 0 Å². The van der Waals surface area contributed by atoms with E-state index in [1.54, 1.807) is 6.92 Å². The molecule has 1 aromatic carbocycles. The number of Topliss-reactive ketones (excluding diaryl/α,β-unsaturated/α-hetero) is 1. The number of hydrogen-bond acceptors (Lipinski definition) is 2. The molecule has 0 aliphatic carbocycles. The molecule has 0 saturated heterocycles. The fraction of sp³-hybridized carbons (Fsp3) is 0.500. The molecule has 2 nitrogen and oxygen atoms in total. The van der Waals surface area contributed by atoms with Gasteiger partial charge in [-0.3, -0.25) is 4.79 Å². The highest BCUT2D eigenvalue weighted by molar-refractivity contribution is 5.78. The van der Waals surface area contributed by atoms with E-state index in [4.69, 9.17) is 0 Å². The fourth-order valence-corrected chi connectivity index (χ4v) is 1.79. The van der Waals surface area contributed by atoms with Gasteiger partial charge in [-0.05, 0) is 31.7 Å². The lowest BCUT2D eigenvalue weighted by Gasteiger charge is -2.17. The Labute approximate surface area is 97.3 Å². The lowest BCUT2D eigenvalue weighted by atomic mass is 9.90. The highest BCUT2D eigenvalue weighted by atomic mass is 16.3. The third kappa shape index (κ3) is 4.15. The standard InChI is InChI=1S/C14H20O2/c1-3-14(16)10-13(11(2)15)9-12-7-5-4-6-8-12/h4-8,13-14,16H,3,9-10H2,1-2H3. The Morgan fingerprint density at radius 3 is 2.44 bits per heavy atom. The molecule has 88 valence electrons. The predicted molar refractivity (Wildman–Crippen MR) is 65.2 cm³/mol. The van der Waals surface area contributed by atoms with Crippen LogP contribution in [0.5, 0.6) is 0 Å². The molecule has 0 radical (unpaired) electrons. The molecule has 0 aliphatic rings. The van der Waals surface area contributed by atoms with Crippen LogP contribution in [0, 0.1) is 5.92 Å². The van der Waals surface area contributed by atoms with Gasteiger partial charge in [0.2, 0.25) is 0 Å². The second kappa shape index (κ2) is 6.44. The van der Waals surface area contributed by atoms with Gasteiger partial charge in [-0.1, -0.05) is 37.3 Å². The lowest BCUT2D eigenvalue weighted by Crippen LogP contribution is -2.20. The number of benzene rings is 1. The van der Waals surface area contributed by atoms with Crippen molar-refractivity contribution in [2.75, 3.05) is 0 Å². The van der Waals surface area contributed by atoms with E-state index in [-0.39, 0.29) is 17.8 Å². The van der Waals surface area contributed by atoms with Crippen molar-refractivity contribution in [2.45, 2.75) is 39.2 Å². The Kier molecular flexibility index (Phi) is 5.20. The van der Waals surface area contributed by atoms with E-state index in [2.05, 4.69) is 0 Å². The fourth-order valence-electron chi connectivity index (χ4n) is 1.79. The molecule has 0 amide bonds. The minimum atomic E-state index is -0.363. The molecule has 2 atom stereocenters. The van der Waals surface area contributed by atoms with E-state index in [1.807, 2.05) is 37.3 Å². The third-order valence-electron chi connectivity index (χ3n) is 2.93. The summed E-state index contributed by atoms with van der Waals surface area (Å²) in [5, 5.41) is 9.60. The normalized spacial score (nSPS) is 14.4. The largest absolute Gasteiger partial charge is 0.393 e. The van der Waals surface area contributed by atoms with Crippen LogP contribution in [0.1, 0.15) is 32.3 Å². The van der Waals surface area contributed by atoms with Crippen LogP contribution in [0.2, 0.25) is 0 Å². The first-order chi connectivity index (χ1) is 7.63. The third-order valence-corrected chi connectivity index (χ3v) is 2.93. The monoisotopic (exact) mass is 220 g/mol. The zero-order chi connectivity index (χ0) is 12.0. The number of aliphatic hydroxyl groups excluding tert-OH is 1. The van der Waals surface area contributed by atoms with Crippen molar-refractivity contribution < 1.29 is 9.90 Å². The molecule has 1 N–H and O–H groups in total. The second-order valence-electron chi connectivity index (χ2n) is 4.30. The molecule has 0 saturated carbocycles. The quantitative estimate of drug-likeness (QED) is 0.800. The van der Waals surface area contributed by atoms with Gasteiger partial charge in [0.1, 0.15) is 5.78 Å². The van der Waals surface area contributed by atoms with Gasteiger partial charge >= 0.3 is 0 Å². The second-order valence-corrected chi connectivity index (χ2v) is 4.30. The average Bonchev–Trinajstić information content (AvgIpc) is 2.29. The molecule has 0 aromatic heterocycles. The van der Waals surface area contributed by atoms with Gasteiger partial charge in [-0.2, -0.15) is 0 Å². The van der Waals surface area contributed by atoms with Gasteiger partial charge in [0.05, 0.1) is 6.10 Å². The molecule has 0 heterocycles. The Bertz CT molecular complexity index is 319. The molecule has 1 rings (SSSR count). The van der Waals surface area contributed by atoms with Crippen LogP contribution in [0.3, 0.4) is 0 Å². The van der Waals surface area contributed by atoms with Crippen LogP contribution in [-0.2, 0) is 11.2 Å². The van der Waals surface area contributed by atoms with Gasteiger partial charge in [0, 0.05) is 5.92 Å². The topological polar surface area (TPSA) is 37.3 Å². The highest BCUT2D eigenvalue weighted by Gasteiger charge is 2.18. The molecule has 2 unspecified atom stereocenters. The lowest BCUT2D eigenvalue weighted by molar-refractivity contribution is -0.121. The molecule has 2 heteroatoms. The van der Waals surface area contributed by atoms with Crippen molar-refractivity contribution in [1.29, 1.82) is 0 Å². The van der Waals surface area contributed by atoms with E-state index in [0.717, 1.165) is 12.0 Å². The van der Waals surface area contributed by atoms with Crippen molar-refractivity contribution in [2.24, 2.45) is 5.92 Å². The molecule has 16 heavy (non-hydrogen) atoms. The number of rotatable bonds is 6. The van der Waals surface area contributed by atoms with Crippen molar-refractivity contribution in [1.82, 2.24) is 0 Å². The first-order valence-electron chi connectivity index (χ1n) is 5.86. The van der Waals surface area contributed by atoms with Crippen LogP contribution in [-0.4, -0.2) is 17.0 Å². The maximum absolute atomic E-state index is 11.5. The summed E-state index contributed by atoms with van der Waals surface area (Å²) in [6, 6.07) is 9.96. The smallest absolute Gasteiger partial charge is 0.133 e. The maximum Gasteiger partial charge on any atom is 0.133 e. The van der Waals surface area contributed by atoms with E-state index in [9.17, 15) is 9.90 Å². The zero-order valence-corrected chi connectivity index (χ0v) is 10.0. The predicted octanol–water partition coefficient (Wildman–Crippen LogP) is 2.60. The van der Waals surface area contributed by atoms with Crippen LogP contribution in [0.25, 0.3) is 0 Å². The van der Waals surface area contributed by atoms with E-state index in [1.165, 1.54) is 0 Å². The van der Waals surface area contributed by atoms with Gasteiger partial charge in [-0.25, -0.2) is 0 Å². The molecule has 0 spiro atoms. The number of ketones is 1. The summed E-state index contributed by atoms with van der Waals surface area (Å²) in [6.45, 7) is 3.54. The van der Waals surface area contributed by atoms with Gasteiger partial charge in [0.15, 0.2) is 0 Å². The first-order valence-corrected chi connectivity index (χ1v) is 5.86. The first kappa shape index (κ1) is 12.9. The summed E-state index contributed by atoms with van der Waals surface area (Å²) in [5.41, 5.74) is 1.16. The van der Waals surface area contributed by atoms with E-state index < -0.39 is 0 Å². The number of hydrogen-bond donors (Lipinski definition) is 1. The molecule has 0 fully saturated rings. The van der Waals surface area contributed by atoms with Gasteiger partial charge < -0.3 is 5.11 Å². The molecular weight excluding hydrogens is 200 g/mol. The summed E-state index contributed by atoms with van der Waals surface area (Å²) in [6.07, 6.45) is 1.64. The highest BCUT2D eigenvalue weighted by Crippen LogP contribution is 2.16. The molecule has 1 aromatic rings. The maximum atomic E-state index is 11.5. The minimum absolute atomic E-state index is 0.0580. The van der Waals surface area contributed by atoms with Crippen molar-refractivity contribution in [3.05, 3.63) is 35.9 Å². The molecular formula is C14H20O2. The van der Waals surface area contributed by atoms with E-state index >= 15 is 0 Å². The number of aliphatic hydroxyl groups is 1. The SMILES string of the molecule is CCC(O)CC(Cc1ccccc1)C(C)=O. The molecule has 0 aliphatic heterocycles. The summed E-state index contributed by atoms with van der Waals surface area (Å²) in [7, 11) is 0. The zero-order valence-electron chi connectivity index (χ0n) is 10.0.